The molecule has 2 heterocycles. The van der Waals surface area contributed by atoms with Gasteiger partial charge in [0.2, 0.25) is 5.96 Å². The van der Waals surface area contributed by atoms with Crippen molar-refractivity contribution in [2.75, 3.05) is 0 Å². The number of hydrazine groups is 1. The Balaban J connectivity index is 1.89. The summed E-state index contributed by atoms with van der Waals surface area (Å²) in [5.74, 6) is 10.6. The maximum atomic E-state index is 12.2. The lowest BCUT2D eigenvalue weighted by Crippen LogP contribution is -2.45. The van der Waals surface area contributed by atoms with Crippen LogP contribution >= 0.6 is 0 Å². The summed E-state index contributed by atoms with van der Waals surface area (Å²) in [7, 11) is 0. The van der Waals surface area contributed by atoms with E-state index in [1.54, 1.807) is 6.07 Å². The first kappa shape index (κ1) is 17.2. The summed E-state index contributed by atoms with van der Waals surface area (Å²) in [5, 5.41) is 5.82. The maximum absolute atomic E-state index is 12.2. The quantitative estimate of drug-likeness (QED) is 0.229. The van der Waals surface area contributed by atoms with E-state index in [1.807, 2.05) is 0 Å². The third kappa shape index (κ3) is 3.43. The summed E-state index contributed by atoms with van der Waals surface area (Å²) in [4.78, 5) is 20.1. The van der Waals surface area contributed by atoms with Crippen LogP contribution in [0.3, 0.4) is 0 Å². The van der Waals surface area contributed by atoms with Crippen LogP contribution in [0.1, 0.15) is 48.9 Å². The molecule has 1 amide bonds. The molecule has 1 unspecified atom stereocenters. The summed E-state index contributed by atoms with van der Waals surface area (Å²) in [6.45, 7) is 6.86. The molecule has 0 aliphatic heterocycles. The number of nitrogens with one attached hydrogen (secondary N) is 3. The molecule has 0 fully saturated rings. The average Bonchev–Trinajstić information content (AvgIpc) is 2.98. The van der Waals surface area contributed by atoms with Crippen molar-refractivity contribution in [2.45, 2.75) is 40.0 Å². The van der Waals surface area contributed by atoms with Crippen LogP contribution in [0.4, 0.5) is 0 Å². The van der Waals surface area contributed by atoms with Crippen LogP contribution in [0.15, 0.2) is 17.2 Å². The predicted octanol–water partition coefficient (Wildman–Crippen LogP) is 1.14. The molecule has 1 aliphatic carbocycles. The van der Waals surface area contributed by atoms with Gasteiger partial charge in [-0.1, -0.05) is 20.8 Å². The van der Waals surface area contributed by atoms with E-state index in [0.717, 1.165) is 36.0 Å². The van der Waals surface area contributed by atoms with Gasteiger partial charge in [-0.15, -0.1) is 5.10 Å². The van der Waals surface area contributed by atoms with Gasteiger partial charge in [-0.2, -0.15) is 0 Å². The summed E-state index contributed by atoms with van der Waals surface area (Å²) in [6, 6.07) is 3.84. The molecule has 7 N–H and O–H groups in total. The molecule has 0 spiro atoms. The number of carbonyl (C=O) groups excluding carboxylic acids is 1. The van der Waals surface area contributed by atoms with E-state index in [-0.39, 0.29) is 17.3 Å². The van der Waals surface area contributed by atoms with Gasteiger partial charge in [-0.05, 0) is 48.3 Å². The Labute approximate surface area is 146 Å². The Morgan fingerprint density at radius 2 is 2.16 bits per heavy atom. The summed E-state index contributed by atoms with van der Waals surface area (Å²) >= 11 is 0. The van der Waals surface area contributed by atoms with Crippen LogP contribution < -0.4 is 22.4 Å². The molecule has 2 aromatic heterocycles. The average molecular weight is 343 g/mol. The summed E-state index contributed by atoms with van der Waals surface area (Å²) in [6.07, 6.45) is 3.13. The van der Waals surface area contributed by atoms with Crippen molar-refractivity contribution in [3.05, 3.63) is 29.1 Å². The largest absolute Gasteiger partial charge is 0.349 e. The van der Waals surface area contributed by atoms with Crippen molar-refractivity contribution in [3.8, 4) is 0 Å². The van der Waals surface area contributed by atoms with Crippen molar-refractivity contribution in [2.24, 2.45) is 28.1 Å². The zero-order chi connectivity index (χ0) is 18.2. The Bertz CT molecular complexity index is 831. The first-order valence-electron chi connectivity index (χ1n) is 8.39. The summed E-state index contributed by atoms with van der Waals surface area (Å²) < 4.78 is 0. The van der Waals surface area contributed by atoms with Crippen LogP contribution in [0.2, 0.25) is 0 Å². The molecule has 0 saturated heterocycles. The fourth-order valence-corrected chi connectivity index (χ4v) is 3.35. The Morgan fingerprint density at radius 3 is 2.80 bits per heavy atom. The minimum atomic E-state index is -0.384. The monoisotopic (exact) mass is 343 g/mol. The number of aromatic amines is 1. The van der Waals surface area contributed by atoms with E-state index < -0.39 is 0 Å². The molecule has 0 saturated carbocycles. The number of carbonyl (C=O) groups is 1. The molecular weight excluding hydrogens is 318 g/mol. The first-order valence-corrected chi connectivity index (χ1v) is 8.39. The second-order valence-electron chi connectivity index (χ2n) is 7.59. The Morgan fingerprint density at radius 1 is 1.40 bits per heavy atom. The fourth-order valence-electron chi connectivity index (χ4n) is 3.35. The third-order valence-electron chi connectivity index (χ3n) is 4.93. The Kier molecular flexibility index (Phi) is 4.38. The van der Waals surface area contributed by atoms with Crippen LogP contribution in [-0.4, -0.2) is 21.8 Å². The van der Waals surface area contributed by atoms with Gasteiger partial charge in [0.25, 0.3) is 5.91 Å². The van der Waals surface area contributed by atoms with Crippen LogP contribution in [0.25, 0.3) is 11.0 Å². The number of nitrogens with zero attached hydrogens (tertiary/aromatic N) is 2. The third-order valence-corrected chi connectivity index (χ3v) is 4.93. The number of hydrogen-bond donors (Lipinski definition) is 5. The van der Waals surface area contributed by atoms with Crippen molar-refractivity contribution >= 4 is 22.9 Å². The number of guanidine groups is 1. The minimum Gasteiger partial charge on any atom is -0.349 e. The molecule has 1 atom stereocenters. The van der Waals surface area contributed by atoms with Crippen LogP contribution in [0, 0.1) is 11.3 Å². The van der Waals surface area contributed by atoms with Gasteiger partial charge >= 0.3 is 0 Å². The van der Waals surface area contributed by atoms with Crippen LogP contribution in [-0.2, 0) is 12.8 Å². The highest BCUT2D eigenvalue weighted by Crippen LogP contribution is 2.37. The highest BCUT2D eigenvalue weighted by molar-refractivity contribution is 6.06. The van der Waals surface area contributed by atoms with Crippen molar-refractivity contribution in [1.29, 1.82) is 0 Å². The zero-order valence-electron chi connectivity index (χ0n) is 14.8. The van der Waals surface area contributed by atoms with E-state index in [9.17, 15) is 4.79 Å². The second-order valence-corrected chi connectivity index (χ2v) is 7.59. The highest BCUT2D eigenvalue weighted by atomic mass is 16.2. The number of rotatable bonds is 1. The number of amides is 1. The minimum absolute atomic E-state index is 0.0103. The van der Waals surface area contributed by atoms with E-state index in [4.69, 9.17) is 16.7 Å². The number of nitrogens with two attached hydrogens (primary N) is 2. The summed E-state index contributed by atoms with van der Waals surface area (Å²) in [5.41, 5.74) is 6.90. The topological polar surface area (TPSA) is 134 Å². The molecule has 0 radical (unpaired) electrons. The first-order chi connectivity index (χ1) is 11.8. The molecule has 3 rings (SSSR count). The van der Waals surface area contributed by atoms with Gasteiger partial charge in [0, 0.05) is 5.69 Å². The van der Waals surface area contributed by atoms with E-state index in [2.05, 4.69) is 47.7 Å². The smallest absolute Gasteiger partial charge is 0.274 e. The lowest BCUT2D eigenvalue weighted by atomic mass is 9.71. The lowest BCUT2D eigenvalue weighted by Gasteiger charge is -2.34. The Hall–Kier alpha value is -2.61. The SMILES string of the molecule is CC(C)(C)C1CCc2nc3cc(C(=O)N/C(=N/N)NN)[nH]c3cc2C1. The number of pyridine rings is 1. The molecule has 134 valence electrons. The number of aromatic nitrogens is 2. The standard InChI is InChI=1S/C17H25N7O/c1-17(2,3)10-4-5-11-9(6-10)7-12-13(20-11)8-14(21-12)15(25)22-16(23-18)24-19/h7-8,10,21H,4-6,18-19H2,1-3H3,(H2,22,23,24,25). The van der Waals surface area contributed by atoms with E-state index in [1.165, 1.54) is 5.56 Å². The number of fused-ring (bicyclic) bond motifs is 2. The maximum Gasteiger partial charge on any atom is 0.274 e. The number of aryl methyl sites for hydroxylation is 1. The predicted molar refractivity (Wildman–Crippen MR) is 97.5 cm³/mol. The van der Waals surface area contributed by atoms with E-state index >= 15 is 0 Å². The fraction of sp³-hybridized carbons (Fsp3) is 0.471. The van der Waals surface area contributed by atoms with Gasteiger partial charge in [-0.25, -0.2) is 5.84 Å². The van der Waals surface area contributed by atoms with Crippen molar-refractivity contribution in [3.63, 3.8) is 0 Å². The van der Waals surface area contributed by atoms with Crippen LogP contribution in [0.5, 0.6) is 0 Å². The van der Waals surface area contributed by atoms with Gasteiger partial charge < -0.3 is 10.8 Å². The van der Waals surface area contributed by atoms with Gasteiger partial charge in [-0.3, -0.25) is 20.5 Å². The van der Waals surface area contributed by atoms with Crippen molar-refractivity contribution in [1.82, 2.24) is 20.7 Å². The second kappa shape index (κ2) is 6.36. The van der Waals surface area contributed by atoms with Crippen molar-refractivity contribution < 1.29 is 4.79 Å². The van der Waals surface area contributed by atoms with Gasteiger partial charge in [0.15, 0.2) is 0 Å². The number of hydrogen-bond acceptors (Lipinski definition) is 5. The lowest BCUT2D eigenvalue weighted by molar-refractivity contribution is 0.0971. The molecular formula is C17H25N7O. The van der Waals surface area contributed by atoms with E-state index in [0.29, 0.717) is 11.6 Å². The number of hydrazone groups is 1. The zero-order valence-corrected chi connectivity index (χ0v) is 14.8. The molecule has 25 heavy (non-hydrogen) atoms. The molecule has 8 heteroatoms. The normalized spacial score (nSPS) is 18.1. The molecule has 8 nitrogen and oxygen atoms in total. The molecule has 1 aliphatic rings. The van der Waals surface area contributed by atoms with Gasteiger partial charge in [0.05, 0.1) is 11.0 Å². The molecule has 0 bridgehead atoms. The van der Waals surface area contributed by atoms with Gasteiger partial charge in [0.1, 0.15) is 5.69 Å². The molecule has 0 aromatic carbocycles. The molecule has 2 aromatic rings. The number of H-pyrrole nitrogens is 1. The highest BCUT2D eigenvalue weighted by Gasteiger charge is 2.29.